The predicted octanol–water partition coefficient (Wildman–Crippen LogP) is 3.54. The molecule has 29 heavy (non-hydrogen) atoms. The average molecular weight is 394 g/mol. The number of likely N-dealkylation sites (tertiary alicyclic amines) is 2. The highest BCUT2D eigenvalue weighted by atomic mass is 16.5. The minimum atomic E-state index is 0.295. The zero-order valence-corrected chi connectivity index (χ0v) is 17.3. The van der Waals surface area contributed by atoms with Gasteiger partial charge in [-0.1, -0.05) is 18.2 Å². The molecule has 5 nitrogen and oxygen atoms in total. The number of rotatable bonds is 6. The number of amides is 1. The molecular formula is C24H31N3O2. The highest BCUT2D eigenvalue weighted by Gasteiger charge is 2.40. The molecule has 1 aromatic heterocycles. The number of carbonyl (C=O) groups is 1. The highest BCUT2D eigenvalue weighted by Crippen LogP contribution is 2.40. The van der Waals surface area contributed by atoms with E-state index in [2.05, 4.69) is 26.9 Å². The summed E-state index contributed by atoms with van der Waals surface area (Å²) in [6.45, 7) is 4.84. The Bertz CT molecular complexity index is 816. The van der Waals surface area contributed by atoms with E-state index in [1.165, 1.54) is 24.0 Å². The SMILES string of the molecule is COc1ccccc1CN1CCC2(CCC(=O)N(CCc3ccncc3)C2)CC1. The minimum Gasteiger partial charge on any atom is -0.496 e. The van der Waals surface area contributed by atoms with Gasteiger partial charge in [0.05, 0.1) is 7.11 Å². The van der Waals surface area contributed by atoms with Crippen molar-refractivity contribution in [2.24, 2.45) is 5.41 Å². The minimum absolute atomic E-state index is 0.295. The first-order valence-electron chi connectivity index (χ1n) is 10.7. The van der Waals surface area contributed by atoms with E-state index >= 15 is 0 Å². The van der Waals surface area contributed by atoms with Crippen LogP contribution in [0.15, 0.2) is 48.8 Å². The summed E-state index contributed by atoms with van der Waals surface area (Å²) in [6.07, 6.45) is 8.63. The molecule has 1 amide bonds. The van der Waals surface area contributed by atoms with Gasteiger partial charge in [-0.3, -0.25) is 14.7 Å². The lowest BCUT2D eigenvalue weighted by atomic mass is 9.72. The first-order chi connectivity index (χ1) is 14.2. The topological polar surface area (TPSA) is 45.7 Å². The van der Waals surface area contributed by atoms with Crippen molar-refractivity contribution in [1.29, 1.82) is 0 Å². The van der Waals surface area contributed by atoms with Crippen LogP contribution < -0.4 is 4.74 Å². The number of methoxy groups -OCH3 is 1. The quantitative estimate of drug-likeness (QED) is 0.753. The van der Waals surface area contributed by atoms with E-state index < -0.39 is 0 Å². The number of carbonyl (C=O) groups excluding carboxylic acids is 1. The van der Waals surface area contributed by atoms with Gasteiger partial charge in [-0.15, -0.1) is 0 Å². The van der Waals surface area contributed by atoms with Crippen molar-refractivity contribution < 1.29 is 9.53 Å². The summed E-state index contributed by atoms with van der Waals surface area (Å²) in [7, 11) is 1.74. The molecule has 0 atom stereocenters. The van der Waals surface area contributed by atoms with Crippen LogP contribution in [0.2, 0.25) is 0 Å². The van der Waals surface area contributed by atoms with Gasteiger partial charge >= 0.3 is 0 Å². The second-order valence-electron chi connectivity index (χ2n) is 8.51. The number of nitrogens with zero attached hydrogens (tertiary/aromatic N) is 3. The largest absolute Gasteiger partial charge is 0.496 e. The van der Waals surface area contributed by atoms with Gasteiger partial charge in [-0.05, 0) is 68.0 Å². The lowest BCUT2D eigenvalue weighted by Crippen LogP contribution is -2.51. The second-order valence-corrected chi connectivity index (χ2v) is 8.51. The van der Waals surface area contributed by atoms with Crippen LogP contribution in [-0.2, 0) is 17.8 Å². The molecule has 1 spiro atoms. The van der Waals surface area contributed by atoms with Gasteiger partial charge in [0.1, 0.15) is 5.75 Å². The van der Waals surface area contributed by atoms with Crippen LogP contribution in [0.5, 0.6) is 5.75 Å². The Morgan fingerprint density at radius 2 is 1.83 bits per heavy atom. The fraction of sp³-hybridized carbons (Fsp3) is 0.500. The molecule has 5 heteroatoms. The van der Waals surface area contributed by atoms with Gasteiger partial charge < -0.3 is 9.64 Å². The highest BCUT2D eigenvalue weighted by molar-refractivity contribution is 5.77. The number of hydrogen-bond acceptors (Lipinski definition) is 4. The molecule has 0 bridgehead atoms. The van der Waals surface area contributed by atoms with Crippen molar-refractivity contribution in [3.05, 3.63) is 59.9 Å². The fourth-order valence-corrected chi connectivity index (χ4v) is 4.79. The summed E-state index contributed by atoms with van der Waals surface area (Å²) in [5.41, 5.74) is 2.80. The molecule has 4 rings (SSSR count). The number of para-hydroxylation sites is 1. The molecule has 1 aromatic carbocycles. The van der Waals surface area contributed by atoms with Crippen molar-refractivity contribution in [1.82, 2.24) is 14.8 Å². The van der Waals surface area contributed by atoms with E-state index in [1.807, 2.05) is 36.7 Å². The molecule has 2 aliphatic rings. The summed E-state index contributed by atoms with van der Waals surface area (Å²) in [4.78, 5) is 21.2. The third-order valence-corrected chi connectivity index (χ3v) is 6.67. The van der Waals surface area contributed by atoms with Gasteiger partial charge in [-0.25, -0.2) is 0 Å². The average Bonchev–Trinajstić information content (AvgIpc) is 2.77. The molecule has 0 unspecified atom stereocenters. The van der Waals surface area contributed by atoms with Crippen molar-refractivity contribution in [2.45, 2.75) is 38.6 Å². The molecule has 2 saturated heterocycles. The summed E-state index contributed by atoms with van der Waals surface area (Å²) < 4.78 is 5.51. The zero-order valence-electron chi connectivity index (χ0n) is 17.3. The van der Waals surface area contributed by atoms with Crippen molar-refractivity contribution in [2.75, 3.05) is 33.3 Å². The number of piperidine rings is 2. The Balaban J connectivity index is 1.33. The number of benzene rings is 1. The van der Waals surface area contributed by atoms with E-state index in [0.29, 0.717) is 17.7 Å². The van der Waals surface area contributed by atoms with Gasteiger partial charge in [0, 0.05) is 44.0 Å². The maximum atomic E-state index is 12.5. The summed E-state index contributed by atoms with van der Waals surface area (Å²) in [5, 5.41) is 0. The molecule has 0 aliphatic carbocycles. The maximum absolute atomic E-state index is 12.5. The van der Waals surface area contributed by atoms with Crippen LogP contribution in [0.4, 0.5) is 0 Å². The monoisotopic (exact) mass is 393 g/mol. The molecule has 3 heterocycles. The predicted molar refractivity (Wildman–Crippen MR) is 114 cm³/mol. The van der Waals surface area contributed by atoms with Crippen LogP contribution in [0.1, 0.15) is 36.8 Å². The summed E-state index contributed by atoms with van der Waals surface area (Å²) >= 11 is 0. The Kier molecular flexibility index (Phi) is 6.14. The summed E-state index contributed by atoms with van der Waals surface area (Å²) in [5.74, 6) is 1.29. The van der Waals surface area contributed by atoms with Crippen LogP contribution >= 0.6 is 0 Å². The lowest BCUT2D eigenvalue weighted by Gasteiger charge is -2.47. The molecule has 0 radical (unpaired) electrons. The fourth-order valence-electron chi connectivity index (χ4n) is 4.79. The van der Waals surface area contributed by atoms with E-state index in [1.54, 1.807) is 7.11 Å². The van der Waals surface area contributed by atoms with Crippen LogP contribution in [0.25, 0.3) is 0 Å². The normalized spacial score (nSPS) is 19.5. The molecule has 2 aromatic rings. The smallest absolute Gasteiger partial charge is 0.222 e. The Morgan fingerprint density at radius 1 is 1.07 bits per heavy atom. The standard InChI is InChI=1S/C24H31N3O2/c1-29-22-5-3-2-4-21(22)18-26-16-11-24(12-17-26)10-6-23(28)27(19-24)15-9-20-7-13-25-14-8-20/h2-5,7-8,13-14H,6,9-12,15-19H2,1H3. The van der Waals surface area contributed by atoms with Crippen LogP contribution in [-0.4, -0.2) is 54.0 Å². The Labute approximate surface area is 173 Å². The van der Waals surface area contributed by atoms with E-state index in [9.17, 15) is 4.79 Å². The number of hydrogen-bond donors (Lipinski definition) is 0. The molecule has 2 fully saturated rings. The Hall–Kier alpha value is -2.40. The summed E-state index contributed by atoms with van der Waals surface area (Å²) in [6, 6.07) is 12.4. The van der Waals surface area contributed by atoms with Gasteiger partial charge in [0.25, 0.3) is 0 Å². The van der Waals surface area contributed by atoms with Crippen molar-refractivity contribution in [3.63, 3.8) is 0 Å². The second kappa shape index (κ2) is 8.95. The van der Waals surface area contributed by atoms with Crippen LogP contribution in [0, 0.1) is 5.41 Å². The number of ether oxygens (including phenoxy) is 1. The van der Waals surface area contributed by atoms with Crippen LogP contribution in [0.3, 0.4) is 0 Å². The Morgan fingerprint density at radius 3 is 2.59 bits per heavy atom. The first-order valence-corrected chi connectivity index (χ1v) is 10.7. The van der Waals surface area contributed by atoms with Crippen molar-refractivity contribution >= 4 is 5.91 Å². The maximum Gasteiger partial charge on any atom is 0.222 e. The molecule has 0 saturated carbocycles. The zero-order chi connectivity index (χ0) is 20.1. The van der Waals surface area contributed by atoms with E-state index in [0.717, 1.165) is 51.3 Å². The van der Waals surface area contributed by atoms with Gasteiger partial charge in [0.15, 0.2) is 0 Å². The van der Waals surface area contributed by atoms with Gasteiger partial charge in [0.2, 0.25) is 5.91 Å². The number of aromatic nitrogens is 1. The third-order valence-electron chi connectivity index (χ3n) is 6.67. The van der Waals surface area contributed by atoms with Crippen molar-refractivity contribution in [3.8, 4) is 5.75 Å². The molecular weight excluding hydrogens is 362 g/mol. The number of pyridine rings is 1. The van der Waals surface area contributed by atoms with Gasteiger partial charge in [-0.2, -0.15) is 0 Å². The molecule has 154 valence electrons. The molecule has 2 aliphatic heterocycles. The van der Waals surface area contributed by atoms with E-state index in [4.69, 9.17) is 4.74 Å². The first kappa shape index (κ1) is 19.9. The van der Waals surface area contributed by atoms with E-state index in [-0.39, 0.29) is 0 Å². The lowest BCUT2D eigenvalue weighted by molar-refractivity contribution is -0.139. The molecule has 0 N–H and O–H groups in total. The third kappa shape index (κ3) is 4.78.